The predicted molar refractivity (Wildman–Crippen MR) is 112 cm³/mol. The van der Waals surface area contributed by atoms with Crippen molar-refractivity contribution in [3.8, 4) is 5.75 Å². The van der Waals surface area contributed by atoms with Crippen LogP contribution in [0.25, 0.3) is 0 Å². The maximum Gasteiger partial charge on any atom is 0.221 e. The number of ether oxygens (including phenoxy) is 1. The van der Waals surface area contributed by atoms with Gasteiger partial charge in [0.05, 0.1) is 19.2 Å². The Bertz CT molecular complexity index is 570. The van der Waals surface area contributed by atoms with E-state index in [9.17, 15) is 4.79 Å². The van der Waals surface area contributed by atoms with Gasteiger partial charge in [-0.25, -0.2) is 0 Å². The second kappa shape index (κ2) is 13.0. The smallest absolute Gasteiger partial charge is 0.221 e. The number of benzene rings is 1. The van der Waals surface area contributed by atoms with Gasteiger partial charge in [-0.05, 0) is 43.9 Å². The van der Waals surface area contributed by atoms with E-state index in [0.717, 1.165) is 37.4 Å². The van der Waals surface area contributed by atoms with E-state index in [2.05, 4.69) is 53.8 Å². The largest absolute Gasteiger partial charge is 0.493 e. The molecule has 0 radical (unpaired) electrons. The molecule has 1 amide bonds. The van der Waals surface area contributed by atoms with Gasteiger partial charge in [0.25, 0.3) is 0 Å². The van der Waals surface area contributed by atoms with Crippen LogP contribution in [0.1, 0.15) is 59.1 Å². The Morgan fingerprint density at radius 1 is 1.11 bits per heavy atom. The Morgan fingerprint density at radius 2 is 1.81 bits per heavy atom. The van der Waals surface area contributed by atoms with Crippen LogP contribution in [0, 0.1) is 5.92 Å². The van der Waals surface area contributed by atoms with Crippen molar-refractivity contribution < 1.29 is 9.53 Å². The highest BCUT2D eigenvalue weighted by molar-refractivity contribution is 5.81. The van der Waals surface area contributed by atoms with Crippen molar-refractivity contribution in [3.63, 3.8) is 0 Å². The third-order valence-electron chi connectivity index (χ3n) is 3.84. The Labute approximate surface area is 164 Å². The first-order valence-electron chi connectivity index (χ1n) is 10.0. The summed E-state index contributed by atoms with van der Waals surface area (Å²) >= 11 is 0. The Kier molecular flexibility index (Phi) is 11.0. The highest BCUT2D eigenvalue weighted by Crippen LogP contribution is 2.18. The Balaban J connectivity index is 2.57. The summed E-state index contributed by atoms with van der Waals surface area (Å²) in [6.07, 6.45) is 1.34. The molecule has 1 rings (SSSR count). The highest BCUT2D eigenvalue weighted by Gasteiger charge is 2.09. The molecule has 1 atom stereocenters. The molecule has 3 N–H and O–H groups in total. The second-order valence-electron chi connectivity index (χ2n) is 7.00. The van der Waals surface area contributed by atoms with Gasteiger partial charge in [0, 0.05) is 19.5 Å². The minimum Gasteiger partial charge on any atom is -0.493 e. The SMILES string of the molecule is CCCNC(=O)CCN=C(NCC)NC(C)c1ccc(OCC(C)C)cc1. The zero-order valence-corrected chi connectivity index (χ0v) is 17.5. The number of guanidine groups is 1. The first-order chi connectivity index (χ1) is 13.0. The van der Waals surface area contributed by atoms with Crippen molar-refractivity contribution in [1.29, 1.82) is 0 Å². The average molecular weight is 377 g/mol. The first kappa shape index (κ1) is 22.8. The molecule has 0 aliphatic heterocycles. The van der Waals surface area contributed by atoms with E-state index in [0.29, 0.717) is 24.8 Å². The molecule has 1 aromatic carbocycles. The molecule has 0 aliphatic carbocycles. The number of carbonyl (C=O) groups excluding carboxylic acids is 1. The average Bonchev–Trinajstić information content (AvgIpc) is 2.65. The van der Waals surface area contributed by atoms with Gasteiger partial charge >= 0.3 is 0 Å². The van der Waals surface area contributed by atoms with Crippen LogP contribution in [0.4, 0.5) is 0 Å². The lowest BCUT2D eigenvalue weighted by Gasteiger charge is -2.18. The molecule has 0 spiro atoms. The van der Waals surface area contributed by atoms with E-state index in [1.807, 2.05) is 26.0 Å². The summed E-state index contributed by atoms with van der Waals surface area (Å²) in [4.78, 5) is 16.2. The minimum absolute atomic E-state index is 0.0430. The van der Waals surface area contributed by atoms with Crippen molar-refractivity contribution in [2.24, 2.45) is 10.9 Å². The van der Waals surface area contributed by atoms with Crippen LogP contribution in [0.15, 0.2) is 29.3 Å². The number of rotatable bonds is 11. The van der Waals surface area contributed by atoms with Crippen LogP contribution in [0.2, 0.25) is 0 Å². The summed E-state index contributed by atoms with van der Waals surface area (Å²) in [6, 6.07) is 8.22. The number of hydrogen-bond acceptors (Lipinski definition) is 3. The molecule has 152 valence electrons. The summed E-state index contributed by atoms with van der Waals surface area (Å²) in [6.45, 7) is 13.1. The lowest BCUT2D eigenvalue weighted by Crippen LogP contribution is -2.39. The second-order valence-corrected chi connectivity index (χ2v) is 7.00. The monoisotopic (exact) mass is 376 g/mol. The fourth-order valence-corrected chi connectivity index (χ4v) is 2.35. The van der Waals surface area contributed by atoms with Crippen LogP contribution >= 0.6 is 0 Å². The summed E-state index contributed by atoms with van der Waals surface area (Å²) in [5.41, 5.74) is 1.15. The summed E-state index contributed by atoms with van der Waals surface area (Å²) in [7, 11) is 0. The number of nitrogens with one attached hydrogen (secondary N) is 3. The third kappa shape index (κ3) is 9.87. The Hall–Kier alpha value is -2.24. The standard InChI is InChI=1S/C21H36N4O2/c1-6-13-23-20(26)12-14-24-21(22-7-2)25-17(5)18-8-10-19(11-9-18)27-15-16(3)4/h8-11,16-17H,6-7,12-15H2,1-5H3,(H,23,26)(H2,22,24,25). The molecule has 0 fully saturated rings. The number of amides is 1. The van der Waals surface area contributed by atoms with E-state index >= 15 is 0 Å². The molecule has 1 unspecified atom stereocenters. The predicted octanol–water partition coefficient (Wildman–Crippen LogP) is 3.25. The lowest BCUT2D eigenvalue weighted by molar-refractivity contribution is -0.120. The van der Waals surface area contributed by atoms with Gasteiger partial charge in [0.15, 0.2) is 5.96 Å². The molecule has 0 saturated carbocycles. The Morgan fingerprint density at radius 3 is 2.41 bits per heavy atom. The van der Waals surface area contributed by atoms with Crippen molar-refractivity contribution in [2.45, 2.75) is 53.5 Å². The van der Waals surface area contributed by atoms with E-state index < -0.39 is 0 Å². The molecule has 27 heavy (non-hydrogen) atoms. The van der Waals surface area contributed by atoms with Crippen molar-refractivity contribution in [2.75, 3.05) is 26.2 Å². The van der Waals surface area contributed by atoms with Crippen molar-refractivity contribution >= 4 is 11.9 Å². The van der Waals surface area contributed by atoms with Crippen molar-refractivity contribution in [1.82, 2.24) is 16.0 Å². The molecular formula is C21H36N4O2. The van der Waals surface area contributed by atoms with Crippen LogP contribution in [-0.4, -0.2) is 38.1 Å². The number of carbonyl (C=O) groups is 1. The van der Waals surface area contributed by atoms with Crippen LogP contribution in [0.3, 0.4) is 0 Å². The van der Waals surface area contributed by atoms with Gasteiger partial charge in [0.1, 0.15) is 5.75 Å². The van der Waals surface area contributed by atoms with Gasteiger partial charge < -0.3 is 20.7 Å². The number of nitrogens with zero attached hydrogens (tertiary/aromatic N) is 1. The molecule has 0 aromatic heterocycles. The molecule has 0 aliphatic rings. The molecule has 1 aromatic rings. The fraction of sp³-hybridized carbons (Fsp3) is 0.619. The maximum absolute atomic E-state index is 11.7. The number of hydrogen-bond donors (Lipinski definition) is 3. The van der Waals surface area contributed by atoms with E-state index in [1.54, 1.807) is 0 Å². The van der Waals surface area contributed by atoms with Gasteiger partial charge in [-0.15, -0.1) is 0 Å². The van der Waals surface area contributed by atoms with Crippen molar-refractivity contribution in [3.05, 3.63) is 29.8 Å². The minimum atomic E-state index is 0.0430. The molecule has 6 heteroatoms. The van der Waals surface area contributed by atoms with E-state index in [-0.39, 0.29) is 11.9 Å². The molecule has 0 saturated heterocycles. The van der Waals surface area contributed by atoms with Crippen LogP contribution in [-0.2, 0) is 4.79 Å². The summed E-state index contributed by atoms with van der Waals surface area (Å²) < 4.78 is 5.73. The van der Waals surface area contributed by atoms with E-state index in [1.165, 1.54) is 0 Å². The summed E-state index contributed by atoms with van der Waals surface area (Å²) in [5, 5.41) is 9.48. The molecule has 0 bridgehead atoms. The van der Waals surface area contributed by atoms with Gasteiger partial charge in [0.2, 0.25) is 5.91 Å². The third-order valence-corrected chi connectivity index (χ3v) is 3.84. The van der Waals surface area contributed by atoms with Crippen LogP contribution in [0.5, 0.6) is 5.75 Å². The summed E-state index contributed by atoms with van der Waals surface area (Å²) in [5.74, 6) is 2.15. The number of aliphatic imine (C=N–C) groups is 1. The first-order valence-corrected chi connectivity index (χ1v) is 10.0. The van der Waals surface area contributed by atoms with Crippen LogP contribution < -0.4 is 20.7 Å². The lowest BCUT2D eigenvalue weighted by atomic mass is 10.1. The topological polar surface area (TPSA) is 74.8 Å². The quantitative estimate of drug-likeness (QED) is 0.409. The highest BCUT2D eigenvalue weighted by atomic mass is 16.5. The zero-order valence-electron chi connectivity index (χ0n) is 17.5. The van der Waals surface area contributed by atoms with Gasteiger partial charge in [-0.2, -0.15) is 0 Å². The molecule has 0 heterocycles. The maximum atomic E-state index is 11.7. The van der Waals surface area contributed by atoms with Gasteiger partial charge in [-0.1, -0.05) is 32.9 Å². The normalized spacial score (nSPS) is 12.6. The van der Waals surface area contributed by atoms with E-state index in [4.69, 9.17) is 4.74 Å². The fourth-order valence-electron chi connectivity index (χ4n) is 2.35. The molecule has 6 nitrogen and oxygen atoms in total. The zero-order chi connectivity index (χ0) is 20.1. The molecular weight excluding hydrogens is 340 g/mol. The van der Waals surface area contributed by atoms with Gasteiger partial charge in [-0.3, -0.25) is 9.79 Å².